The lowest BCUT2D eigenvalue weighted by molar-refractivity contribution is 0.276. The third kappa shape index (κ3) is 1.28. The van der Waals surface area contributed by atoms with E-state index in [1.54, 1.807) is 6.07 Å². The maximum absolute atomic E-state index is 9.18. The molecule has 4 N–H and O–H groups in total. The molecule has 0 unspecified atom stereocenters. The number of aliphatic hydroxyl groups excluding tert-OH is 1. The van der Waals surface area contributed by atoms with E-state index >= 15 is 0 Å². The topological polar surface area (TPSA) is 66.5 Å². The monoisotopic (exact) mass is 153 g/mol. The van der Waals surface area contributed by atoms with Gasteiger partial charge in [-0.2, -0.15) is 0 Å². The van der Waals surface area contributed by atoms with E-state index < -0.39 is 0 Å². The van der Waals surface area contributed by atoms with Gasteiger partial charge < -0.3 is 15.9 Å². The Morgan fingerprint density at radius 3 is 2.55 bits per heavy atom. The molecule has 1 rings (SSSR count). The molecule has 0 heterocycles. The predicted octanol–water partition coefficient (Wildman–Crippen LogP) is 0.775. The molecule has 3 nitrogen and oxygen atoms in total. The molecular weight excluding hydrogens is 142 g/mol. The normalized spacial score (nSPS) is 10.0. The minimum Gasteiger partial charge on any atom is -0.508 e. The number of nitrogen functional groups attached to an aromatic ring is 1. The number of rotatable bonds is 1. The molecule has 0 radical (unpaired) electrons. The van der Waals surface area contributed by atoms with E-state index in [2.05, 4.69) is 0 Å². The van der Waals surface area contributed by atoms with Crippen LogP contribution >= 0.6 is 0 Å². The van der Waals surface area contributed by atoms with Gasteiger partial charge in [-0.15, -0.1) is 0 Å². The summed E-state index contributed by atoms with van der Waals surface area (Å²) in [6.45, 7) is 1.60. The summed E-state index contributed by atoms with van der Waals surface area (Å²) < 4.78 is 0. The van der Waals surface area contributed by atoms with E-state index in [-0.39, 0.29) is 12.4 Å². The second-order valence-corrected chi connectivity index (χ2v) is 2.45. The summed E-state index contributed by atoms with van der Waals surface area (Å²) in [5.41, 5.74) is 7.31. The van der Waals surface area contributed by atoms with Crippen molar-refractivity contribution in [1.29, 1.82) is 0 Å². The zero-order valence-corrected chi connectivity index (χ0v) is 6.33. The largest absolute Gasteiger partial charge is 0.508 e. The highest BCUT2D eigenvalue weighted by Gasteiger charge is 2.05. The molecule has 3 heteroatoms. The smallest absolute Gasteiger partial charge is 0.123 e. The van der Waals surface area contributed by atoms with Gasteiger partial charge >= 0.3 is 0 Å². The standard InChI is InChI=1S/C8H11NO2/c1-5-2-3-7(11)6(4-10)8(5)9/h2-3,10-11H,4,9H2,1H3. The molecule has 0 spiro atoms. The Morgan fingerprint density at radius 1 is 1.45 bits per heavy atom. The number of hydrogen-bond donors (Lipinski definition) is 3. The molecule has 1 aromatic rings. The van der Waals surface area contributed by atoms with Crippen molar-refractivity contribution in [1.82, 2.24) is 0 Å². The van der Waals surface area contributed by atoms with Crippen molar-refractivity contribution in [2.24, 2.45) is 0 Å². The molecule has 11 heavy (non-hydrogen) atoms. The molecule has 0 saturated heterocycles. The van der Waals surface area contributed by atoms with Crippen molar-refractivity contribution >= 4 is 5.69 Å². The fraction of sp³-hybridized carbons (Fsp3) is 0.250. The molecule has 0 atom stereocenters. The average Bonchev–Trinajstić information content (AvgIpc) is 1.99. The molecule has 1 aromatic carbocycles. The van der Waals surface area contributed by atoms with E-state index in [9.17, 15) is 5.11 Å². The van der Waals surface area contributed by atoms with Crippen LogP contribution in [0, 0.1) is 6.92 Å². The summed E-state index contributed by atoms with van der Waals surface area (Å²) in [5, 5.41) is 18.0. The number of hydrogen-bond acceptors (Lipinski definition) is 3. The van der Waals surface area contributed by atoms with E-state index in [0.717, 1.165) is 5.56 Å². The van der Waals surface area contributed by atoms with Crippen LogP contribution in [0.2, 0.25) is 0 Å². The third-order valence-electron chi connectivity index (χ3n) is 1.71. The number of benzene rings is 1. The van der Waals surface area contributed by atoms with Gasteiger partial charge in [-0.1, -0.05) is 6.07 Å². The maximum atomic E-state index is 9.18. The molecule has 0 fully saturated rings. The van der Waals surface area contributed by atoms with Gasteiger partial charge in [0.15, 0.2) is 0 Å². The van der Waals surface area contributed by atoms with Crippen LogP contribution in [0.5, 0.6) is 5.75 Å². The van der Waals surface area contributed by atoms with Crippen molar-refractivity contribution in [3.63, 3.8) is 0 Å². The predicted molar refractivity (Wildman–Crippen MR) is 43.2 cm³/mol. The zero-order valence-electron chi connectivity index (χ0n) is 6.33. The number of phenols is 1. The summed E-state index contributed by atoms with van der Waals surface area (Å²) in [7, 11) is 0. The zero-order chi connectivity index (χ0) is 8.43. The van der Waals surface area contributed by atoms with Crippen LogP contribution in [0.25, 0.3) is 0 Å². The van der Waals surface area contributed by atoms with Crippen LogP contribution in [0.1, 0.15) is 11.1 Å². The van der Waals surface area contributed by atoms with Crippen LogP contribution in [0.4, 0.5) is 5.69 Å². The van der Waals surface area contributed by atoms with Gasteiger partial charge in [0.2, 0.25) is 0 Å². The second-order valence-electron chi connectivity index (χ2n) is 2.45. The molecule has 0 aromatic heterocycles. The van der Waals surface area contributed by atoms with E-state index in [1.165, 1.54) is 6.07 Å². The molecular formula is C8H11NO2. The lowest BCUT2D eigenvalue weighted by Gasteiger charge is -2.06. The first-order valence-electron chi connectivity index (χ1n) is 3.34. The van der Waals surface area contributed by atoms with Crippen LogP contribution in [0.15, 0.2) is 12.1 Å². The molecule has 0 bridgehead atoms. The number of aryl methyl sites for hydroxylation is 1. The number of nitrogens with two attached hydrogens (primary N) is 1. The van der Waals surface area contributed by atoms with Crippen molar-refractivity contribution in [3.8, 4) is 5.75 Å². The van der Waals surface area contributed by atoms with Crippen molar-refractivity contribution in [3.05, 3.63) is 23.3 Å². The minimum absolute atomic E-state index is 0.0515. The lowest BCUT2D eigenvalue weighted by Crippen LogP contribution is -1.97. The summed E-state index contributed by atoms with van der Waals surface area (Å²) >= 11 is 0. The highest BCUT2D eigenvalue weighted by Crippen LogP contribution is 2.25. The lowest BCUT2D eigenvalue weighted by atomic mass is 10.1. The van der Waals surface area contributed by atoms with E-state index in [4.69, 9.17) is 10.8 Å². The van der Waals surface area contributed by atoms with Gasteiger partial charge in [0.25, 0.3) is 0 Å². The minimum atomic E-state index is -0.223. The van der Waals surface area contributed by atoms with Gasteiger partial charge in [0.1, 0.15) is 5.75 Å². The first-order chi connectivity index (χ1) is 5.16. The quantitative estimate of drug-likeness (QED) is 0.522. The van der Waals surface area contributed by atoms with E-state index in [0.29, 0.717) is 11.3 Å². The summed E-state index contributed by atoms with van der Waals surface area (Å²) in [4.78, 5) is 0. The Morgan fingerprint density at radius 2 is 2.09 bits per heavy atom. The van der Waals surface area contributed by atoms with Gasteiger partial charge in [-0.25, -0.2) is 0 Å². The van der Waals surface area contributed by atoms with Crippen LogP contribution < -0.4 is 5.73 Å². The Balaban J connectivity index is 3.29. The summed E-state index contributed by atoms with van der Waals surface area (Å²) in [6.07, 6.45) is 0. The number of aliphatic hydroxyl groups is 1. The number of anilines is 1. The van der Waals surface area contributed by atoms with Crippen molar-refractivity contribution in [2.45, 2.75) is 13.5 Å². The van der Waals surface area contributed by atoms with Crippen molar-refractivity contribution < 1.29 is 10.2 Å². The highest BCUT2D eigenvalue weighted by molar-refractivity contribution is 5.58. The Kier molecular flexibility index (Phi) is 2.01. The molecule has 0 aliphatic heterocycles. The second kappa shape index (κ2) is 2.80. The third-order valence-corrected chi connectivity index (χ3v) is 1.71. The summed E-state index contributed by atoms with van der Waals surface area (Å²) in [6, 6.07) is 3.24. The summed E-state index contributed by atoms with van der Waals surface area (Å²) in [5.74, 6) is 0.0515. The Labute approximate surface area is 65.1 Å². The fourth-order valence-corrected chi connectivity index (χ4v) is 0.936. The van der Waals surface area contributed by atoms with Crippen LogP contribution in [0.3, 0.4) is 0 Å². The van der Waals surface area contributed by atoms with Gasteiger partial charge in [0, 0.05) is 11.3 Å². The average molecular weight is 153 g/mol. The maximum Gasteiger partial charge on any atom is 0.123 e. The molecule has 0 saturated carbocycles. The Hall–Kier alpha value is -1.22. The SMILES string of the molecule is Cc1ccc(O)c(CO)c1N. The van der Waals surface area contributed by atoms with Crippen molar-refractivity contribution in [2.75, 3.05) is 5.73 Å². The molecule has 60 valence electrons. The van der Waals surface area contributed by atoms with Crippen LogP contribution in [-0.2, 0) is 6.61 Å². The Bertz CT molecular complexity index is 271. The van der Waals surface area contributed by atoms with Crippen LogP contribution in [-0.4, -0.2) is 10.2 Å². The van der Waals surface area contributed by atoms with Gasteiger partial charge in [-0.05, 0) is 18.6 Å². The molecule has 0 aliphatic carbocycles. The van der Waals surface area contributed by atoms with Gasteiger partial charge in [-0.3, -0.25) is 0 Å². The fourth-order valence-electron chi connectivity index (χ4n) is 0.936. The van der Waals surface area contributed by atoms with E-state index in [1.807, 2.05) is 6.92 Å². The molecule has 0 amide bonds. The first-order valence-corrected chi connectivity index (χ1v) is 3.34. The first kappa shape index (κ1) is 7.88. The highest BCUT2D eigenvalue weighted by atomic mass is 16.3. The number of aromatic hydroxyl groups is 1. The van der Waals surface area contributed by atoms with Gasteiger partial charge in [0.05, 0.1) is 6.61 Å². The molecule has 0 aliphatic rings.